The van der Waals surface area contributed by atoms with Crippen LogP contribution in [0, 0.1) is 0 Å². The van der Waals surface area contributed by atoms with Crippen molar-refractivity contribution < 1.29 is 14.6 Å². The number of phenolic OH excluding ortho intramolecular Hbond substituents is 1. The number of hydrogen-bond donors (Lipinski definition) is 1. The molecule has 4 heteroatoms. The number of phenols is 1. The zero-order valence-corrected chi connectivity index (χ0v) is 19.2. The van der Waals surface area contributed by atoms with Gasteiger partial charge < -0.3 is 14.6 Å². The lowest BCUT2D eigenvalue weighted by Gasteiger charge is -2.34. The topological polar surface area (TPSA) is 41.9 Å². The van der Waals surface area contributed by atoms with Gasteiger partial charge in [0.25, 0.3) is 0 Å². The van der Waals surface area contributed by atoms with Crippen molar-refractivity contribution in [1.29, 1.82) is 0 Å². The molecule has 0 saturated carbocycles. The quantitative estimate of drug-likeness (QED) is 0.504. The smallest absolute Gasteiger partial charge is 0.126 e. The first-order valence-electron chi connectivity index (χ1n) is 12.2. The zero-order valence-electron chi connectivity index (χ0n) is 19.2. The summed E-state index contributed by atoms with van der Waals surface area (Å²) in [4.78, 5) is 2.50. The number of hydrogen-bond acceptors (Lipinski definition) is 4. The third-order valence-electron chi connectivity index (χ3n) is 7.03. The van der Waals surface area contributed by atoms with Gasteiger partial charge in [-0.1, -0.05) is 55.0 Å². The van der Waals surface area contributed by atoms with Gasteiger partial charge in [0, 0.05) is 24.4 Å². The SMILES string of the molecule is Oc1ccc2c(c1)OCC(c1ccccc1)C2Cc1ccc(OCCN2CCCCC2)cc1. The van der Waals surface area contributed by atoms with E-state index in [0.717, 1.165) is 36.6 Å². The van der Waals surface area contributed by atoms with Crippen LogP contribution < -0.4 is 9.47 Å². The van der Waals surface area contributed by atoms with Gasteiger partial charge in [0.1, 0.15) is 23.9 Å². The van der Waals surface area contributed by atoms with Crippen molar-refractivity contribution in [2.24, 2.45) is 0 Å². The van der Waals surface area contributed by atoms with Crippen molar-refractivity contribution in [3.8, 4) is 17.2 Å². The normalized spacial score (nSPS) is 20.6. The van der Waals surface area contributed by atoms with Crippen molar-refractivity contribution in [3.63, 3.8) is 0 Å². The molecule has 0 aliphatic carbocycles. The van der Waals surface area contributed by atoms with E-state index in [2.05, 4.69) is 59.5 Å². The fraction of sp³-hybridized carbons (Fsp3) is 0.379. The number of fused-ring (bicyclic) bond motifs is 1. The number of nitrogens with zero attached hydrogens (tertiary/aromatic N) is 1. The molecule has 1 saturated heterocycles. The van der Waals surface area contributed by atoms with E-state index in [1.54, 1.807) is 12.1 Å². The predicted octanol–water partition coefficient (Wildman–Crippen LogP) is 5.76. The summed E-state index contributed by atoms with van der Waals surface area (Å²) in [5.41, 5.74) is 3.74. The van der Waals surface area contributed by atoms with Gasteiger partial charge in [-0.2, -0.15) is 0 Å². The minimum Gasteiger partial charge on any atom is -0.508 e. The van der Waals surface area contributed by atoms with Crippen molar-refractivity contribution >= 4 is 0 Å². The summed E-state index contributed by atoms with van der Waals surface area (Å²) >= 11 is 0. The van der Waals surface area contributed by atoms with Gasteiger partial charge in [0.2, 0.25) is 0 Å². The fourth-order valence-electron chi connectivity index (χ4n) is 5.20. The van der Waals surface area contributed by atoms with Crippen LogP contribution in [0.4, 0.5) is 0 Å². The van der Waals surface area contributed by atoms with Gasteiger partial charge >= 0.3 is 0 Å². The summed E-state index contributed by atoms with van der Waals surface area (Å²) in [5, 5.41) is 9.93. The van der Waals surface area contributed by atoms with E-state index >= 15 is 0 Å². The second-order valence-corrected chi connectivity index (χ2v) is 9.26. The van der Waals surface area contributed by atoms with Gasteiger partial charge in [-0.3, -0.25) is 4.90 Å². The molecule has 3 aromatic rings. The Morgan fingerprint density at radius 3 is 2.48 bits per heavy atom. The highest BCUT2D eigenvalue weighted by Crippen LogP contribution is 2.45. The molecule has 2 aliphatic rings. The summed E-state index contributed by atoms with van der Waals surface area (Å²) in [5.74, 6) is 2.53. The van der Waals surface area contributed by atoms with E-state index in [1.807, 2.05) is 6.07 Å². The lowest BCUT2D eigenvalue weighted by Crippen LogP contribution is -2.33. The second kappa shape index (κ2) is 10.3. The molecular weight excluding hydrogens is 410 g/mol. The average Bonchev–Trinajstić information content (AvgIpc) is 2.86. The van der Waals surface area contributed by atoms with Gasteiger partial charge in [-0.25, -0.2) is 0 Å². The molecule has 0 radical (unpaired) electrons. The number of ether oxygens (including phenoxy) is 2. The second-order valence-electron chi connectivity index (χ2n) is 9.26. The maximum absolute atomic E-state index is 9.93. The molecule has 2 aliphatic heterocycles. The van der Waals surface area contributed by atoms with Crippen molar-refractivity contribution in [3.05, 3.63) is 89.5 Å². The van der Waals surface area contributed by atoms with Gasteiger partial charge in [0.15, 0.2) is 0 Å². The van der Waals surface area contributed by atoms with E-state index < -0.39 is 0 Å². The van der Waals surface area contributed by atoms with E-state index in [1.165, 1.54) is 43.5 Å². The van der Waals surface area contributed by atoms with Crippen LogP contribution in [0.5, 0.6) is 17.2 Å². The number of likely N-dealkylation sites (tertiary alicyclic amines) is 1. The van der Waals surface area contributed by atoms with Crippen LogP contribution in [0.2, 0.25) is 0 Å². The lowest BCUT2D eigenvalue weighted by molar-refractivity contribution is 0.183. The van der Waals surface area contributed by atoms with Gasteiger partial charge in [-0.15, -0.1) is 0 Å². The highest BCUT2D eigenvalue weighted by atomic mass is 16.5. The maximum atomic E-state index is 9.93. The molecule has 0 spiro atoms. The Balaban J connectivity index is 1.28. The number of benzene rings is 3. The largest absolute Gasteiger partial charge is 0.508 e. The molecule has 2 heterocycles. The predicted molar refractivity (Wildman–Crippen MR) is 131 cm³/mol. The fourth-order valence-corrected chi connectivity index (χ4v) is 5.20. The molecule has 0 aromatic heterocycles. The van der Waals surface area contributed by atoms with Crippen LogP contribution in [-0.2, 0) is 6.42 Å². The molecule has 4 nitrogen and oxygen atoms in total. The van der Waals surface area contributed by atoms with E-state index in [9.17, 15) is 5.11 Å². The van der Waals surface area contributed by atoms with E-state index in [-0.39, 0.29) is 17.6 Å². The summed E-state index contributed by atoms with van der Waals surface area (Å²) in [6.07, 6.45) is 4.90. The maximum Gasteiger partial charge on any atom is 0.126 e. The van der Waals surface area contributed by atoms with Crippen molar-refractivity contribution in [1.82, 2.24) is 4.90 Å². The Bertz CT molecular complexity index is 1030. The molecule has 172 valence electrons. The van der Waals surface area contributed by atoms with Crippen LogP contribution in [0.3, 0.4) is 0 Å². The van der Waals surface area contributed by atoms with Crippen molar-refractivity contribution in [2.75, 3.05) is 32.8 Å². The first kappa shape index (κ1) is 21.8. The van der Waals surface area contributed by atoms with Crippen LogP contribution in [-0.4, -0.2) is 42.9 Å². The molecule has 1 N–H and O–H groups in total. The van der Waals surface area contributed by atoms with Crippen LogP contribution >= 0.6 is 0 Å². The molecule has 33 heavy (non-hydrogen) atoms. The average molecular weight is 444 g/mol. The molecule has 0 amide bonds. The minimum absolute atomic E-state index is 0.247. The summed E-state index contributed by atoms with van der Waals surface area (Å²) in [6.45, 7) is 4.77. The number of rotatable bonds is 7. The Morgan fingerprint density at radius 1 is 0.909 bits per heavy atom. The Hall–Kier alpha value is -2.98. The molecule has 2 atom stereocenters. The third kappa shape index (κ3) is 5.33. The van der Waals surface area contributed by atoms with Crippen LogP contribution in [0.1, 0.15) is 47.8 Å². The van der Waals surface area contributed by atoms with E-state index in [4.69, 9.17) is 9.47 Å². The number of piperidine rings is 1. The summed E-state index contributed by atoms with van der Waals surface area (Å²) in [6, 6.07) is 24.7. The minimum atomic E-state index is 0.247. The highest BCUT2D eigenvalue weighted by molar-refractivity contribution is 5.46. The Kier molecular flexibility index (Phi) is 6.82. The molecule has 1 fully saturated rings. The van der Waals surface area contributed by atoms with Crippen molar-refractivity contribution in [2.45, 2.75) is 37.5 Å². The monoisotopic (exact) mass is 443 g/mol. The molecule has 3 aromatic carbocycles. The third-order valence-corrected chi connectivity index (χ3v) is 7.03. The van der Waals surface area contributed by atoms with Crippen LogP contribution in [0.25, 0.3) is 0 Å². The van der Waals surface area contributed by atoms with E-state index in [0.29, 0.717) is 6.61 Å². The molecule has 5 rings (SSSR count). The lowest BCUT2D eigenvalue weighted by atomic mass is 9.76. The molecule has 2 unspecified atom stereocenters. The first-order chi connectivity index (χ1) is 16.3. The van der Waals surface area contributed by atoms with Gasteiger partial charge in [-0.05, 0) is 67.2 Å². The zero-order chi connectivity index (χ0) is 22.5. The summed E-state index contributed by atoms with van der Waals surface area (Å²) in [7, 11) is 0. The highest BCUT2D eigenvalue weighted by Gasteiger charge is 2.32. The molecule has 0 bridgehead atoms. The van der Waals surface area contributed by atoms with Crippen LogP contribution in [0.15, 0.2) is 72.8 Å². The number of aromatic hydroxyl groups is 1. The Labute approximate surface area is 196 Å². The molecular formula is C29H33NO3. The first-order valence-corrected chi connectivity index (χ1v) is 12.2. The standard InChI is InChI=1S/C29H33NO3/c31-24-11-14-26-27(28(21-33-29(26)20-24)23-7-3-1-4-8-23)19-22-9-12-25(13-10-22)32-18-17-30-15-5-2-6-16-30/h1,3-4,7-14,20,27-28,31H,2,5-6,15-19,21H2. The Morgan fingerprint density at radius 2 is 1.70 bits per heavy atom. The summed E-state index contributed by atoms with van der Waals surface area (Å²) < 4.78 is 12.1. The van der Waals surface area contributed by atoms with Gasteiger partial charge in [0.05, 0.1) is 6.61 Å².